The quantitative estimate of drug-likeness (QED) is 0.0649. The van der Waals surface area contributed by atoms with Crippen LogP contribution in [-0.4, -0.2) is 29.0 Å². The molecule has 0 aliphatic heterocycles. The van der Waals surface area contributed by atoms with Gasteiger partial charge in [0.05, 0.1) is 24.2 Å². The topological polar surface area (TPSA) is 69.9 Å². The number of carboxylic acid groups (broad SMARTS) is 1. The zero-order valence-electron chi connectivity index (χ0n) is 38.6. The van der Waals surface area contributed by atoms with Crippen LogP contribution >= 0.6 is 0 Å². The molecule has 328 valence electrons. The lowest BCUT2D eigenvalue weighted by Crippen LogP contribution is -2.11. The number of unbranched alkanes of at least 4 members (excludes halogenated alkanes) is 2. The average molecular weight is 844 g/mol. The molecule has 0 aliphatic carbocycles. The third-order valence-corrected chi connectivity index (χ3v) is 12.9. The highest BCUT2D eigenvalue weighted by Crippen LogP contribution is 2.41. The van der Waals surface area contributed by atoms with E-state index in [1.165, 1.54) is 49.3 Å². The average Bonchev–Trinajstić information content (AvgIpc) is 3.60. The highest BCUT2D eigenvalue weighted by Gasteiger charge is 2.20. The second-order valence-electron chi connectivity index (χ2n) is 17.6. The fourth-order valence-corrected chi connectivity index (χ4v) is 9.31. The van der Waals surface area contributed by atoms with Crippen molar-refractivity contribution in [1.82, 2.24) is 4.57 Å². The van der Waals surface area contributed by atoms with Crippen LogP contribution in [0.25, 0.3) is 60.9 Å². The normalized spacial score (nSPS) is 12.4. The Hall–Kier alpha value is -6.01. The van der Waals surface area contributed by atoms with E-state index in [4.69, 9.17) is 14.2 Å². The fraction of sp³-hybridized carbons (Fsp3) is 0.351. The number of nitrogens with zero attached hydrogens (tertiary/aromatic N) is 1. The standard InChI is InChI=1S/C57H65NO5/c1-9-13-15-41(11-3)35-61-48-23-17-43(18-24-48)45-21-27-53-51(33-45)52-34-46(44-19-25-49(26-20-44)62-36-42(12-4)16-14-10-2)22-28-54(52)58(53)47-29-37(5)55(38(6)30-47)56-39(7)31-50(32-40(56)8)63-57(59)60/h17-34,41-42H,9-16,35-36H2,1-8H3,(H,59,60). The maximum absolute atomic E-state index is 11.3. The van der Waals surface area contributed by atoms with Gasteiger partial charge in [0.1, 0.15) is 17.2 Å². The van der Waals surface area contributed by atoms with E-state index in [0.717, 1.165) is 110 Å². The van der Waals surface area contributed by atoms with E-state index in [0.29, 0.717) is 17.6 Å². The van der Waals surface area contributed by atoms with Crippen LogP contribution in [0.3, 0.4) is 0 Å². The maximum Gasteiger partial charge on any atom is 0.511 e. The van der Waals surface area contributed by atoms with Gasteiger partial charge in [-0.1, -0.05) is 103 Å². The second kappa shape index (κ2) is 20.4. The van der Waals surface area contributed by atoms with Gasteiger partial charge < -0.3 is 23.9 Å². The number of rotatable bonds is 19. The van der Waals surface area contributed by atoms with Crippen molar-refractivity contribution in [2.45, 2.75) is 107 Å². The van der Waals surface area contributed by atoms with Crippen LogP contribution in [-0.2, 0) is 0 Å². The number of aryl methyl sites for hydroxylation is 4. The smallest absolute Gasteiger partial charge is 0.493 e. The Balaban J connectivity index is 1.28. The van der Waals surface area contributed by atoms with Crippen molar-refractivity contribution >= 4 is 28.0 Å². The first-order valence-electron chi connectivity index (χ1n) is 23.2. The zero-order valence-corrected chi connectivity index (χ0v) is 38.6. The van der Waals surface area contributed by atoms with Gasteiger partial charge in [-0.2, -0.15) is 0 Å². The Bertz CT molecular complexity index is 2500. The summed E-state index contributed by atoms with van der Waals surface area (Å²) >= 11 is 0. The summed E-state index contributed by atoms with van der Waals surface area (Å²) in [6.45, 7) is 18.9. The van der Waals surface area contributed by atoms with Crippen molar-refractivity contribution in [2.75, 3.05) is 13.2 Å². The summed E-state index contributed by atoms with van der Waals surface area (Å²) in [5, 5.41) is 11.6. The first kappa shape index (κ1) is 45.0. The molecule has 0 aliphatic rings. The van der Waals surface area contributed by atoms with Crippen LogP contribution in [0.2, 0.25) is 0 Å². The minimum atomic E-state index is -1.31. The minimum absolute atomic E-state index is 0.330. The van der Waals surface area contributed by atoms with Crippen LogP contribution in [0.15, 0.2) is 109 Å². The van der Waals surface area contributed by atoms with Gasteiger partial charge in [0.25, 0.3) is 0 Å². The van der Waals surface area contributed by atoms with Gasteiger partial charge >= 0.3 is 6.16 Å². The molecule has 7 rings (SSSR count). The maximum atomic E-state index is 11.3. The first-order chi connectivity index (χ1) is 30.5. The molecule has 2 atom stereocenters. The monoisotopic (exact) mass is 843 g/mol. The fourth-order valence-electron chi connectivity index (χ4n) is 9.31. The molecule has 0 fully saturated rings. The molecule has 6 heteroatoms. The number of carbonyl (C=O) groups is 1. The molecular formula is C57H65NO5. The summed E-state index contributed by atoms with van der Waals surface area (Å²) in [5.41, 5.74) is 14.4. The van der Waals surface area contributed by atoms with Crippen LogP contribution in [0.5, 0.6) is 17.2 Å². The molecule has 0 saturated carbocycles. The molecule has 1 heterocycles. The van der Waals surface area contributed by atoms with Crippen LogP contribution in [0, 0.1) is 39.5 Å². The molecule has 0 radical (unpaired) electrons. The van der Waals surface area contributed by atoms with E-state index in [2.05, 4.69) is 143 Å². The van der Waals surface area contributed by atoms with Crippen molar-refractivity contribution < 1.29 is 24.1 Å². The molecular weight excluding hydrogens is 779 g/mol. The number of benzene rings is 6. The van der Waals surface area contributed by atoms with E-state index in [9.17, 15) is 9.90 Å². The Morgan fingerprint density at radius 1 is 0.524 bits per heavy atom. The number of fused-ring (bicyclic) bond motifs is 3. The molecule has 0 bridgehead atoms. The Morgan fingerprint density at radius 2 is 0.921 bits per heavy atom. The lowest BCUT2D eigenvalue weighted by atomic mass is 9.89. The van der Waals surface area contributed by atoms with Crippen molar-refractivity contribution in [1.29, 1.82) is 0 Å². The Morgan fingerprint density at radius 3 is 1.30 bits per heavy atom. The van der Waals surface area contributed by atoms with Crippen LogP contribution in [0.1, 0.15) is 101 Å². The van der Waals surface area contributed by atoms with Crippen molar-refractivity contribution in [2.24, 2.45) is 11.8 Å². The number of hydrogen-bond donors (Lipinski definition) is 1. The van der Waals surface area contributed by atoms with Crippen LogP contribution in [0.4, 0.5) is 4.79 Å². The predicted octanol–water partition coefficient (Wildman–Crippen LogP) is 16.3. The molecule has 6 aromatic carbocycles. The molecule has 1 aromatic heterocycles. The third-order valence-electron chi connectivity index (χ3n) is 12.9. The summed E-state index contributed by atoms with van der Waals surface area (Å²) in [6.07, 6.45) is 8.29. The molecule has 2 unspecified atom stereocenters. The summed E-state index contributed by atoms with van der Waals surface area (Å²) in [6, 6.07) is 39.0. The van der Waals surface area contributed by atoms with Gasteiger partial charge in [0, 0.05) is 16.5 Å². The highest BCUT2D eigenvalue weighted by atomic mass is 16.7. The van der Waals surface area contributed by atoms with Gasteiger partial charge in [0.2, 0.25) is 0 Å². The van der Waals surface area contributed by atoms with Gasteiger partial charge in [-0.3, -0.25) is 0 Å². The SMILES string of the molecule is CCCCC(CC)COc1ccc(-c2ccc3c(c2)c2cc(-c4ccc(OCC(CC)CCCC)cc4)ccc2n3-c2cc(C)c(-c3c(C)cc(OC(=O)O)cc3C)c(C)c2)cc1. The molecule has 7 aromatic rings. The first-order valence-corrected chi connectivity index (χ1v) is 23.2. The predicted molar refractivity (Wildman–Crippen MR) is 262 cm³/mol. The lowest BCUT2D eigenvalue weighted by Gasteiger charge is -2.19. The van der Waals surface area contributed by atoms with Crippen molar-refractivity contribution in [3.8, 4) is 56.3 Å². The summed E-state index contributed by atoms with van der Waals surface area (Å²) in [5.74, 6) is 3.32. The van der Waals surface area contributed by atoms with Gasteiger partial charge in [0.15, 0.2) is 0 Å². The molecule has 63 heavy (non-hydrogen) atoms. The van der Waals surface area contributed by atoms with Crippen molar-refractivity contribution in [3.05, 3.63) is 131 Å². The molecule has 0 saturated heterocycles. The third kappa shape index (κ3) is 10.3. The summed E-state index contributed by atoms with van der Waals surface area (Å²) < 4.78 is 20.0. The second-order valence-corrected chi connectivity index (χ2v) is 17.6. The van der Waals surface area contributed by atoms with Gasteiger partial charge in [-0.25, -0.2) is 4.79 Å². The van der Waals surface area contributed by atoms with E-state index < -0.39 is 6.16 Å². The Kier molecular flexibility index (Phi) is 14.6. The van der Waals surface area contributed by atoms with E-state index >= 15 is 0 Å². The summed E-state index contributed by atoms with van der Waals surface area (Å²) in [7, 11) is 0. The molecule has 6 nitrogen and oxygen atoms in total. The number of ether oxygens (including phenoxy) is 3. The summed E-state index contributed by atoms with van der Waals surface area (Å²) in [4.78, 5) is 11.3. The van der Waals surface area contributed by atoms with E-state index in [1.807, 2.05) is 13.8 Å². The molecule has 1 N–H and O–H groups in total. The highest BCUT2D eigenvalue weighted by molar-refractivity contribution is 6.11. The van der Waals surface area contributed by atoms with E-state index in [1.54, 1.807) is 12.1 Å². The zero-order chi connectivity index (χ0) is 44.6. The van der Waals surface area contributed by atoms with Crippen LogP contribution < -0.4 is 14.2 Å². The number of aromatic nitrogens is 1. The Labute approximate surface area is 374 Å². The molecule has 0 spiro atoms. The lowest BCUT2D eigenvalue weighted by molar-refractivity contribution is 0.144. The van der Waals surface area contributed by atoms with E-state index in [-0.39, 0.29) is 0 Å². The van der Waals surface area contributed by atoms with Gasteiger partial charge in [-0.15, -0.1) is 0 Å². The number of hydrogen-bond acceptors (Lipinski definition) is 4. The largest absolute Gasteiger partial charge is 0.511 e. The van der Waals surface area contributed by atoms with Gasteiger partial charge in [-0.05, 0) is 181 Å². The van der Waals surface area contributed by atoms with Crippen molar-refractivity contribution in [3.63, 3.8) is 0 Å². The minimum Gasteiger partial charge on any atom is -0.493 e. The molecule has 0 amide bonds.